The van der Waals surface area contributed by atoms with Crippen LogP contribution in [0.3, 0.4) is 0 Å². The van der Waals surface area contributed by atoms with Gasteiger partial charge in [-0.1, -0.05) is 12.1 Å². The van der Waals surface area contributed by atoms with Crippen LogP contribution in [0.2, 0.25) is 0 Å². The zero-order valence-electron chi connectivity index (χ0n) is 13.8. The van der Waals surface area contributed by atoms with E-state index in [2.05, 4.69) is 21.3 Å². The van der Waals surface area contributed by atoms with E-state index in [0.29, 0.717) is 18.2 Å². The number of likely N-dealkylation sites (tertiary alicyclic amines) is 1. The molecule has 0 aromatic heterocycles. The van der Waals surface area contributed by atoms with E-state index in [4.69, 9.17) is 10.00 Å². The number of hydrogen-bond acceptors (Lipinski definition) is 3. The largest absolute Gasteiger partial charge is 0.378 e. The molecule has 0 atom stereocenters. The van der Waals surface area contributed by atoms with Gasteiger partial charge < -0.3 is 15.0 Å². The molecule has 5 nitrogen and oxygen atoms in total. The molecule has 1 heterocycles. The van der Waals surface area contributed by atoms with Crippen molar-refractivity contribution in [3.05, 3.63) is 35.4 Å². The highest BCUT2D eigenvalue weighted by Crippen LogP contribution is 2.14. The number of hydrogen-bond donors (Lipinski definition) is 1. The minimum Gasteiger partial charge on any atom is -0.378 e. The summed E-state index contributed by atoms with van der Waals surface area (Å²) in [6.07, 6.45) is 2.48. The molecule has 1 aromatic carbocycles. The van der Waals surface area contributed by atoms with Gasteiger partial charge in [0.1, 0.15) is 0 Å². The Morgan fingerprint density at radius 1 is 1.35 bits per heavy atom. The molecule has 0 saturated carbocycles. The van der Waals surface area contributed by atoms with E-state index >= 15 is 0 Å². The minimum absolute atomic E-state index is 0. The van der Waals surface area contributed by atoms with Crippen molar-refractivity contribution in [2.24, 2.45) is 4.99 Å². The highest BCUT2D eigenvalue weighted by atomic mass is 127. The molecule has 1 aliphatic heterocycles. The van der Waals surface area contributed by atoms with E-state index in [1.165, 1.54) is 0 Å². The van der Waals surface area contributed by atoms with E-state index < -0.39 is 0 Å². The second-order valence-corrected chi connectivity index (χ2v) is 5.35. The van der Waals surface area contributed by atoms with Crippen molar-refractivity contribution in [1.29, 1.82) is 5.26 Å². The molecule has 0 unspecified atom stereocenters. The number of guanidine groups is 1. The SMILES string of the molecule is CCOC1CCN(C(=NC)NCc2ccc(C#N)cc2)CC1.I. The molecular formula is C17H25IN4O. The quantitative estimate of drug-likeness (QED) is 0.455. The first kappa shape index (κ1) is 19.7. The molecule has 0 spiro atoms. The lowest BCUT2D eigenvalue weighted by molar-refractivity contribution is 0.0263. The van der Waals surface area contributed by atoms with E-state index in [1.54, 1.807) is 0 Å². The van der Waals surface area contributed by atoms with Crippen molar-refractivity contribution in [2.75, 3.05) is 26.7 Å². The fraction of sp³-hybridized carbons (Fsp3) is 0.529. The van der Waals surface area contributed by atoms with Gasteiger partial charge in [0, 0.05) is 33.3 Å². The van der Waals surface area contributed by atoms with E-state index in [1.807, 2.05) is 38.2 Å². The fourth-order valence-electron chi connectivity index (χ4n) is 2.68. The molecule has 1 aliphatic rings. The third-order valence-electron chi connectivity index (χ3n) is 3.89. The zero-order valence-corrected chi connectivity index (χ0v) is 16.1. The van der Waals surface area contributed by atoms with Crippen LogP contribution < -0.4 is 5.32 Å². The Hall–Kier alpha value is -1.33. The Morgan fingerprint density at radius 2 is 2.00 bits per heavy atom. The number of halogens is 1. The number of ether oxygens (including phenoxy) is 1. The Kier molecular flexibility index (Phi) is 8.95. The van der Waals surface area contributed by atoms with Crippen LogP contribution in [0.5, 0.6) is 0 Å². The normalized spacial score (nSPS) is 15.7. The predicted octanol–water partition coefficient (Wildman–Crippen LogP) is 2.75. The van der Waals surface area contributed by atoms with Crippen molar-refractivity contribution in [3.63, 3.8) is 0 Å². The van der Waals surface area contributed by atoms with Gasteiger partial charge in [-0.15, -0.1) is 24.0 Å². The molecule has 126 valence electrons. The van der Waals surface area contributed by atoms with Crippen LogP contribution >= 0.6 is 24.0 Å². The second kappa shape index (κ2) is 10.4. The molecule has 0 amide bonds. The maximum atomic E-state index is 8.81. The van der Waals surface area contributed by atoms with Gasteiger partial charge >= 0.3 is 0 Å². The fourth-order valence-corrected chi connectivity index (χ4v) is 2.68. The monoisotopic (exact) mass is 428 g/mol. The van der Waals surface area contributed by atoms with Crippen LogP contribution in [-0.2, 0) is 11.3 Å². The van der Waals surface area contributed by atoms with Crippen LogP contribution in [0.4, 0.5) is 0 Å². The highest BCUT2D eigenvalue weighted by molar-refractivity contribution is 14.0. The van der Waals surface area contributed by atoms with Gasteiger partial charge in [-0.25, -0.2) is 0 Å². The van der Waals surface area contributed by atoms with Crippen molar-refractivity contribution < 1.29 is 4.74 Å². The van der Waals surface area contributed by atoms with E-state index in [9.17, 15) is 0 Å². The summed E-state index contributed by atoms with van der Waals surface area (Å²) < 4.78 is 5.68. The molecular weight excluding hydrogens is 403 g/mol. The molecule has 1 fully saturated rings. The zero-order chi connectivity index (χ0) is 15.8. The van der Waals surface area contributed by atoms with Gasteiger partial charge in [0.25, 0.3) is 0 Å². The smallest absolute Gasteiger partial charge is 0.193 e. The molecule has 1 saturated heterocycles. The van der Waals surface area contributed by atoms with Gasteiger partial charge in [-0.2, -0.15) is 5.26 Å². The third-order valence-corrected chi connectivity index (χ3v) is 3.89. The molecule has 0 bridgehead atoms. The second-order valence-electron chi connectivity index (χ2n) is 5.35. The van der Waals surface area contributed by atoms with Gasteiger partial charge in [-0.3, -0.25) is 4.99 Å². The minimum atomic E-state index is 0. The van der Waals surface area contributed by atoms with Crippen molar-refractivity contribution in [2.45, 2.75) is 32.4 Å². The first-order valence-corrected chi connectivity index (χ1v) is 7.83. The lowest BCUT2D eigenvalue weighted by Crippen LogP contribution is -2.46. The number of nitrogens with zero attached hydrogens (tertiary/aromatic N) is 3. The van der Waals surface area contributed by atoms with Crippen molar-refractivity contribution in [3.8, 4) is 6.07 Å². The highest BCUT2D eigenvalue weighted by Gasteiger charge is 2.21. The Bertz CT molecular complexity index is 531. The van der Waals surface area contributed by atoms with Gasteiger partial charge in [-0.05, 0) is 37.5 Å². The maximum Gasteiger partial charge on any atom is 0.193 e. The average Bonchev–Trinajstić information content (AvgIpc) is 2.57. The lowest BCUT2D eigenvalue weighted by atomic mass is 10.1. The molecule has 2 rings (SSSR count). The average molecular weight is 428 g/mol. The first-order chi connectivity index (χ1) is 10.8. The molecule has 1 N–H and O–H groups in total. The summed E-state index contributed by atoms with van der Waals surface area (Å²) in [6, 6.07) is 9.76. The molecule has 0 aliphatic carbocycles. The van der Waals surface area contributed by atoms with Crippen LogP contribution in [0, 0.1) is 11.3 Å². The standard InChI is InChI=1S/C17H24N4O.HI/c1-3-22-16-8-10-21(11-9-16)17(19-2)20-13-15-6-4-14(12-18)5-7-15;/h4-7,16H,3,8-11,13H2,1-2H3,(H,19,20);1H. The molecule has 23 heavy (non-hydrogen) atoms. The number of nitrogens with one attached hydrogen (secondary N) is 1. The summed E-state index contributed by atoms with van der Waals surface area (Å²) >= 11 is 0. The summed E-state index contributed by atoms with van der Waals surface area (Å²) in [5.41, 5.74) is 1.83. The van der Waals surface area contributed by atoms with E-state index in [-0.39, 0.29) is 24.0 Å². The number of aliphatic imine (C=N–C) groups is 1. The summed E-state index contributed by atoms with van der Waals surface area (Å²) in [5.74, 6) is 0.930. The number of piperidine rings is 1. The predicted molar refractivity (Wildman–Crippen MR) is 103 cm³/mol. The number of benzene rings is 1. The molecule has 0 radical (unpaired) electrons. The van der Waals surface area contributed by atoms with Crippen LogP contribution in [0.15, 0.2) is 29.3 Å². The first-order valence-electron chi connectivity index (χ1n) is 7.83. The van der Waals surface area contributed by atoms with Gasteiger partial charge in [0.15, 0.2) is 5.96 Å². The van der Waals surface area contributed by atoms with Crippen molar-refractivity contribution >= 4 is 29.9 Å². The topological polar surface area (TPSA) is 60.6 Å². The Morgan fingerprint density at radius 3 is 2.52 bits per heavy atom. The van der Waals surface area contributed by atoms with E-state index in [0.717, 1.165) is 44.1 Å². The van der Waals surface area contributed by atoms with Gasteiger partial charge in [0.05, 0.1) is 17.7 Å². The summed E-state index contributed by atoms with van der Waals surface area (Å²) in [6.45, 7) is 5.49. The maximum absolute atomic E-state index is 8.81. The Labute approximate surface area is 155 Å². The van der Waals surface area contributed by atoms with Crippen LogP contribution in [-0.4, -0.2) is 43.7 Å². The number of rotatable bonds is 4. The number of nitriles is 1. The Balaban J connectivity index is 0.00000264. The molecule has 1 aromatic rings. The summed E-state index contributed by atoms with van der Waals surface area (Å²) in [5, 5.41) is 12.2. The van der Waals surface area contributed by atoms with Gasteiger partial charge in [0.2, 0.25) is 0 Å². The van der Waals surface area contributed by atoms with Crippen LogP contribution in [0.25, 0.3) is 0 Å². The molecule has 6 heteroatoms. The van der Waals surface area contributed by atoms with Crippen molar-refractivity contribution in [1.82, 2.24) is 10.2 Å². The van der Waals surface area contributed by atoms with Crippen LogP contribution in [0.1, 0.15) is 30.9 Å². The lowest BCUT2D eigenvalue weighted by Gasteiger charge is -2.34. The summed E-state index contributed by atoms with van der Waals surface area (Å²) in [4.78, 5) is 6.65. The third kappa shape index (κ3) is 5.99. The summed E-state index contributed by atoms with van der Waals surface area (Å²) in [7, 11) is 1.82.